The van der Waals surface area contributed by atoms with E-state index in [1.54, 1.807) is 0 Å². The van der Waals surface area contributed by atoms with Gasteiger partial charge in [0.15, 0.2) is 0 Å². The van der Waals surface area contributed by atoms with Crippen LogP contribution in [0.1, 0.15) is 50.2 Å². The van der Waals surface area contributed by atoms with Gasteiger partial charge < -0.3 is 0 Å². The first-order valence-corrected chi connectivity index (χ1v) is 6.24. The van der Waals surface area contributed by atoms with E-state index in [0.717, 1.165) is 6.42 Å². The standard InChI is InChI=1S/C15H23/c1-3-5-7-9-15-12-10-14(11-13-15)8-6-4-2/h10-13H,2-9H2,1H3. The molecule has 1 rings (SSSR count). The molecule has 0 bridgehead atoms. The molecule has 0 aromatic heterocycles. The van der Waals surface area contributed by atoms with Gasteiger partial charge in [0, 0.05) is 0 Å². The molecule has 0 saturated carbocycles. The summed E-state index contributed by atoms with van der Waals surface area (Å²) < 4.78 is 0. The zero-order valence-electron chi connectivity index (χ0n) is 9.97. The van der Waals surface area contributed by atoms with Crippen LogP contribution in [0.3, 0.4) is 0 Å². The maximum absolute atomic E-state index is 3.87. The molecule has 0 aliphatic rings. The Balaban J connectivity index is 2.35. The smallest absolute Gasteiger partial charge is 0.0279 e. The average Bonchev–Trinajstić information content (AvgIpc) is 2.28. The maximum Gasteiger partial charge on any atom is -0.0279 e. The molecule has 0 nitrogen and oxygen atoms in total. The summed E-state index contributed by atoms with van der Waals surface area (Å²) >= 11 is 0. The van der Waals surface area contributed by atoms with Crippen LogP contribution in [0, 0.1) is 6.92 Å². The van der Waals surface area contributed by atoms with Gasteiger partial charge in [0.25, 0.3) is 0 Å². The van der Waals surface area contributed by atoms with Crippen LogP contribution in [0.5, 0.6) is 0 Å². The van der Waals surface area contributed by atoms with Gasteiger partial charge in [-0.25, -0.2) is 0 Å². The average molecular weight is 203 g/mol. The van der Waals surface area contributed by atoms with Gasteiger partial charge in [-0.15, -0.1) is 0 Å². The van der Waals surface area contributed by atoms with Crippen molar-refractivity contribution >= 4 is 0 Å². The highest BCUT2D eigenvalue weighted by Crippen LogP contribution is 2.10. The van der Waals surface area contributed by atoms with E-state index in [0.29, 0.717) is 0 Å². The normalized spacial score (nSPS) is 10.5. The molecule has 15 heavy (non-hydrogen) atoms. The topological polar surface area (TPSA) is 0 Å². The summed E-state index contributed by atoms with van der Waals surface area (Å²) in [6.07, 6.45) is 8.65. The van der Waals surface area contributed by atoms with Gasteiger partial charge in [0.2, 0.25) is 0 Å². The molecule has 1 radical (unpaired) electrons. The van der Waals surface area contributed by atoms with Gasteiger partial charge in [-0.2, -0.15) is 0 Å². The lowest BCUT2D eigenvalue weighted by molar-refractivity contribution is 0.717. The Bertz CT molecular complexity index is 245. The highest BCUT2D eigenvalue weighted by Gasteiger charge is 1.95. The minimum Gasteiger partial charge on any atom is -0.0654 e. The molecule has 83 valence electrons. The molecule has 0 aliphatic heterocycles. The lowest BCUT2D eigenvalue weighted by Crippen LogP contribution is -1.88. The fraction of sp³-hybridized carbons (Fsp3) is 0.533. The van der Waals surface area contributed by atoms with Gasteiger partial charge in [0.1, 0.15) is 0 Å². The van der Waals surface area contributed by atoms with E-state index in [-0.39, 0.29) is 0 Å². The first-order chi connectivity index (χ1) is 7.36. The maximum atomic E-state index is 3.87. The third-order valence-corrected chi connectivity index (χ3v) is 2.81. The summed E-state index contributed by atoms with van der Waals surface area (Å²) in [7, 11) is 0. The first-order valence-electron chi connectivity index (χ1n) is 6.24. The van der Waals surface area contributed by atoms with Crippen molar-refractivity contribution in [3.8, 4) is 0 Å². The van der Waals surface area contributed by atoms with Crippen molar-refractivity contribution in [2.45, 2.75) is 51.9 Å². The fourth-order valence-corrected chi connectivity index (χ4v) is 1.78. The Kier molecular flexibility index (Phi) is 6.15. The third kappa shape index (κ3) is 5.01. The number of unbranched alkanes of at least 4 members (excludes halogenated alkanes) is 3. The summed E-state index contributed by atoms with van der Waals surface area (Å²) in [6.45, 7) is 6.12. The zero-order valence-corrected chi connectivity index (χ0v) is 9.97. The molecule has 0 heteroatoms. The Labute approximate surface area is 94.7 Å². The van der Waals surface area contributed by atoms with Gasteiger partial charge in [-0.05, 0) is 36.8 Å². The molecular formula is C15H23. The highest BCUT2D eigenvalue weighted by atomic mass is 14.0. The summed E-state index contributed by atoms with van der Waals surface area (Å²) in [4.78, 5) is 0. The van der Waals surface area contributed by atoms with Crippen molar-refractivity contribution < 1.29 is 0 Å². The van der Waals surface area contributed by atoms with Crippen LogP contribution in [-0.2, 0) is 12.8 Å². The SMILES string of the molecule is [CH2]CCCc1ccc(CCCCC)cc1. The lowest BCUT2D eigenvalue weighted by atomic mass is 10.0. The van der Waals surface area contributed by atoms with Crippen molar-refractivity contribution in [2.24, 2.45) is 0 Å². The molecule has 0 amide bonds. The molecule has 0 unspecified atom stereocenters. The number of benzene rings is 1. The zero-order chi connectivity index (χ0) is 10.9. The van der Waals surface area contributed by atoms with Crippen LogP contribution in [0.25, 0.3) is 0 Å². The summed E-state index contributed by atoms with van der Waals surface area (Å²) in [5, 5.41) is 0. The second-order valence-corrected chi connectivity index (χ2v) is 4.23. The van der Waals surface area contributed by atoms with Crippen molar-refractivity contribution in [3.05, 3.63) is 42.3 Å². The summed E-state index contributed by atoms with van der Waals surface area (Å²) in [5.74, 6) is 0. The van der Waals surface area contributed by atoms with E-state index < -0.39 is 0 Å². The Morgan fingerprint density at radius 3 is 1.87 bits per heavy atom. The van der Waals surface area contributed by atoms with Crippen molar-refractivity contribution in [3.63, 3.8) is 0 Å². The highest BCUT2D eigenvalue weighted by molar-refractivity contribution is 5.22. The van der Waals surface area contributed by atoms with E-state index in [2.05, 4.69) is 38.1 Å². The van der Waals surface area contributed by atoms with Crippen molar-refractivity contribution in [1.82, 2.24) is 0 Å². The molecule has 0 fully saturated rings. The molecule has 0 N–H and O–H groups in total. The molecular weight excluding hydrogens is 180 g/mol. The monoisotopic (exact) mass is 203 g/mol. The number of aryl methyl sites for hydroxylation is 2. The van der Waals surface area contributed by atoms with Crippen LogP contribution < -0.4 is 0 Å². The predicted octanol–water partition coefficient (Wildman–Crippen LogP) is 4.58. The lowest BCUT2D eigenvalue weighted by Gasteiger charge is -2.03. The second-order valence-electron chi connectivity index (χ2n) is 4.23. The van der Waals surface area contributed by atoms with Crippen LogP contribution >= 0.6 is 0 Å². The van der Waals surface area contributed by atoms with E-state index in [4.69, 9.17) is 0 Å². The molecule has 0 aliphatic carbocycles. The molecule has 0 spiro atoms. The van der Waals surface area contributed by atoms with Gasteiger partial charge in [-0.1, -0.05) is 57.4 Å². The molecule has 0 saturated heterocycles. The van der Waals surface area contributed by atoms with E-state index >= 15 is 0 Å². The van der Waals surface area contributed by atoms with Crippen LogP contribution in [0.15, 0.2) is 24.3 Å². The number of rotatable bonds is 7. The minimum atomic E-state index is 1.04. The van der Waals surface area contributed by atoms with Gasteiger partial charge >= 0.3 is 0 Å². The number of hydrogen-bond acceptors (Lipinski definition) is 0. The van der Waals surface area contributed by atoms with Crippen LogP contribution in [0.2, 0.25) is 0 Å². The first kappa shape index (κ1) is 12.3. The van der Waals surface area contributed by atoms with E-state index in [9.17, 15) is 0 Å². The van der Waals surface area contributed by atoms with Gasteiger partial charge in [0.05, 0.1) is 0 Å². The van der Waals surface area contributed by atoms with E-state index in [1.807, 2.05) is 0 Å². The van der Waals surface area contributed by atoms with Crippen LogP contribution in [-0.4, -0.2) is 0 Å². The summed E-state index contributed by atoms with van der Waals surface area (Å²) in [6, 6.07) is 9.12. The van der Waals surface area contributed by atoms with Crippen LogP contribution in [0.4, 0.5) is 0 Å². The van der Waals surface area contributed by atoms with Crippen molar-refractivity contribution in [1.29, 1.82) is 0 Å². The number of hydrogen-bond donors (Lipinski definition) is 0. The molecule has 1 aromatic carbocycles. The van der Waals surface area contributed by atoms with Gasteiger partial charge in [-0.3, -0.25) is 0 Å². The Hall–Kier alpha value is -0.780. The Morgan fingerprint density at radius 2 is 1.40 bits per heavy atom. The Morgan fingerprint density at radius 1 is 0.867 bits per heavy atom. The molecule has 0 heterocycles. The fourth-order valence-electron chi connectivity index (χ4n) is 1.78. The predicted molar refractivity (Wildman–Crippen MR) is 68.0 cm³/mol. The largest absolute Gasteiger partial charge is 0.0654 e. The van der Waals surface area contributed by atoms with E-state index in [1.165, 1.54) is 49.7 Å². The van der Waals surface area contributed by atoms with Crippen molar-refractivity contribution in [2.75, 3.05) is 0 Å². The molecule has 1 aromatic rings. The minimum absolute atomic E-state index is 1.04. The second kappa shape index (κ2) is 7.50. The molecule has 0 atom stereocenters. The summed E-state index contributed by atoms with van der Waals surface area (Å²) in [5.41, 5.74) is 2.94. The third-order valence-electron chi connectivity index (χ3n) is 2.81. The quantitative estimate of drug-likeness (QED) is 0.569.